The van der Waals surface area contributed by atoms with Crippen molar-refractivity contribution in [2.24, 2.45) is 5.73 Å². The van der Waals surface area contributed by atoms with Crippen LogP contribution < -0.4 is 26.0 Å². The van der Waals surface area contributed by atoms with Gasteiger partial charge in [-0.05, 0) is 80.5 Å². The highest BCUT2D eigenvalue weighted by Crippen LogP contribution is 2.32. The van der Waals surface area contributed by atoms with Gasteiger partial charge >= 0.3 is 6.09 Å². The third kappa shape index (κ3) is 7.87. The molecule has 1 atom stereocenters. The maximum Gasteiger partial charge on any atom is 0.407 e. The fourth-order valence-electron chi connectivity index (χ4n) is 4.70. The van der Waals surface area contributed by atoms with Crippen LogP contribution in [0.4, 0.5) is 22.2 Å². The molecule has 2 aromatic carbocycles. The Morgan fingerprint density at radius 1 is 1.10 bits per heavy atom. The summed E-state index contributed by atoms with van der Waals surface area (Å²) < 4.78 is 10.7. The van der Waals surface area contributed by atoms with Crippen molar-refractivity contribution in [1.82, 2.24) is 15.3 Å². The fourth-order valence-corrected chi connectivity index (χ4v) is 4.70. The van der Waals surface area contributed by atoms with Gasteiger partial charge in [0.15, 0.2) is 0 Å². The number of primary amides is 1. The van der Waals surface area contributed by atoms with Gasteiger partial charge in [-0.15, -0.1) is 0 Å². The number of carbonyl (C=O) groups is 2. The van der Waals surface area contributed by atoms with Gasteiger partial charge in [-0.2, -0.15) is 4.98 Å². The topological polar surface area (TPSA) is 132 Å². The zero-order valence-electron chi connectivity index (χ0n) is 24.7. The lowest BCUT2D eigenvalue weighted by molar-refractivity contribution is 0.0499. The van der Waals surface area contributed by atoms with Crippen molar-refractivity contribution in [3.63, 3.8) is 0 Å². The van der Waals surface area contributed by atoms with Crippen molar-refractivity contribution in [1.29, 1.82) is 0 Å². The van der Waals surface area contributed by atoms with Crippen LogP contribution in [0.5, 0.6) is 5.75 Å². The van der Waals surface area contributed by atoms with E-state index in [1.165, 1.54) is 6.20 Å². The van der Waals surface area contributed by atoms with Crippen LogP contribution in [0.2, 0.25) is 0 Å². The number of ether oxygens (including phenoxy) is 2. The first-order valence-electron chi connectivity index (χ1n) is 13.9. The molecule has 218 valence electrons. The molecule has 0 radical (unpaired) electrons. The molecule has 4 rings (SSSR count). The molecule has 1 aromatic heterocycles. The Labute approximate surface area is 241 Å². The molecule has 1 saturated heterocycles. The predicted molar refractivity (Wildman–Crippen MR) is 161 cm³/mol. The molecular weight excluding hydrogens is 520 g/mol. The lowest BCUT2D eigenvalue weighted by atomic mass is 9.96. The monoisotopic (exact) mass is 560 g/mol. The largest absolute Gasteiger partial charge is 0.497 e. The number of amides is 2. The van der Waals surface area contributed by atoms with Crippen molar-refractivity contribution < 1.29 is 19.1 Å². The van der Waals surface area contributed by atoms with Gasteiger partial charge in [0.2, 0.25) is 5.95 Å². The van der Waals surface area contributed by atoms with Crippen LogP contribution in [-0.4, -0.2) is 53.8 Å². The number of nitrogens with zero attached hydrogens (tertiary/aromatic N) is 3. The third-order valence-electron chi connectivity index (χ3n) is 6.77. The van der Waals surface area contributed by atoms with Crippen molar-refractivity contribution in [3.05, 3.63) is 59.8 Å². The summed E-state index contributed by atoms with van der Waals surface area (Å²) in [6.07, 6.45) is 2.66. The number of methoxy groups -OCH3 is 1. The molecule has 41 heavy (non-hydrogen) atoms. The number of alkyl carbamates (subject to hydrolysis) is 1. The third-order valence-corrected chi connectivity index (χ3v) is 6.77. The van der Waals surface area contributed by atoms with Gasteiger partial charge in [0.25, 0.3) is 5.91 Å². The standard InChI is InChI=1S/C31H40N6O4/c1-19(2)21-14-22(20-9-11-25(40-6)12-10-20)16-24(15-21)34-28-26(27(32)38)17-33-29(36-28)37-13-7-8-23(18-37)35-30(39)41-31(3,4)5/h9-12,14-17,19,23H,7-8,13,18H2,1-6H3,(H2,32,38)(H,35,39)(H,33,34,36)/t23-/m0/s1. The van der Waals surface area contributed by atoms with Crippen molar-refractivity contribution in [2.45, 2.75) is 65.0 Å². The molecule has 0 spiro atoms. The van der Waals surface area contributed by atoms with E-state index in [-0.39, 0.29) is 17.5 Å². The van der Waals surface area contributed by atoms with Gasteiger partial charge in [-0.1, -0.05) is 32.0 Å². The van der Waals surface area contributed by atoms with E-state index < -0.39 is 17.6 Å². The first kappa shape index (κ1) is 29.6. The molecule has 10 heteroatoms. The molecule has 1 aliphatic rings. The minimum atomic E-state index is -0.627. The lowest BCUT2D eigenvalue weighted by Gasteiger charge is -2.33. The molecule has 0 bridgehead atoms. The number of anilines is 3. The summed E-state index contributed by atoms with van der Waals surface area (Å²) >= 11 is 0. The maximum atomic E-state index is 12.3. The normalized spacial score (nSPS) is 15.4. The van der Waals surface area contributed by atoms with Crippen LogP contribution in [0.25, 0.3) is 11.1 Å². The maximum absolute atomic E-state index is 12.3. The highest BCUT2D eigenvalue weighted by Gasteiger charge is 2.26. The van der Waals surface area contributed by atoms with Gasteiger partial charge in [-0.3, -0.25) is 4.79 Å². The minimum absolute atomic E-state index is 0.121. The molecule has 2 heterocycles. The van der Waals surface area contributed by atoms with Crippen LogP contribution in [-0.2, 0) is 4.74 Å². The Hall–Kier alpha value is -4.34. The molecule has 1 fully saturated rings. The van der Waals surface area contributed by atoms with Gasteiger partial charge < -0.3 is 30.7 Å². The minimum Gasteiger partial charge on any atom is -0.497 e. The Balaban J connectivity index is 1.61. The molecule has 3 aromatic rings. The Morgan fingerprint density at radius 3 is 2.46 bits per heavy atom. The van der Waals surface area contributed by atoms with Gasteiger partial charge in [0.05, 0.1) is 7.11 Å². The number of hydrogen-bond donors (Lipinski definition) is 3. The second-order valence-electron chi connectivity index (χ2n) is 11.6. The number of nitrogens with one attached hydrogen (secondary N) is 2. The van der Waals surface area contributed by atoms with E-state index in [9.17, 15) is 9.59 Å². The quantitative estimate of drug-likeness (QED) is 0.324. The smallest absolute Gasteiger partial charge is 0.407 e. The highest BCUT2D eigenvalue weighted by atomic mass is 16.6. The second-order valence-corrected chi connectivity index (χ2v) is 11.6. The van der Waals surface area contributed by atoms with E-state index in [1.807, 2.05) is 62.1 Å². The van der Waals surface area contributed by atoms with E-state index in [2.05, 4.69) is 35.5 Å². The molecule has 0 saturated carbocycles. The summed E-state index contributed by atoms with van der Waals surface area (Å²) in [5, 5.41) is 6.29. The van der Waals surface area contributed by atoms with Crippen LogP contribution in [0.1, 0.15) is 69.3 Å². The molecule has 0 aliphatic carbocycles. The Morgan fingerprint density at radius 2 is 1.83 bits per heavy atom. The number of carbonyl (C=O) groups excluding carboxylic acids is 2. The van der Waals surface area contributed by atoms with Crippen molar-refractivity contribution in [3.8, 4) is 16.9 Å². The van der Waals surface area contributed by atoms with Gasteiger partial charge in [0, 0.05) is 31.0 Å². The Bertz CT molecular complexity index is 1380. The van der Waals surface area contributed by atoms with E-state index in [1.54, 1.807) is 7.11 Å². The van der Waals surface area contributed by atoms with Crippen LogP contribution in [0.15, 0.2) is 48.7 Å². The summed E-state index contributed by atoms with van der Waals surface area (Å²) in [5.41, 5.74) is 9.27. The zero-order valence-corrected chi connectivity index (χ0v) is 24.7. The summed E-state index contributed by atoms with van der Waals surface area (Å²) in [4.78, 5) is 35.8. The first-order valence-corrected chi connectivity index (χ1v) is 13.9. The molecule has 1 aliphatic heterocycles. The summed E-state index contributed by atoms with van der Waals surface area (Å²) in [6.45, 7) is 11.0. The molecular formula is C31H40N6O4. The SMILES string of the molecule is COc1ccc(-c2cc(Nc3nc(N4CCC[C@H](NC(=O)OC(C)(C)C)C4)ncc3C(N)=O)cc(C(C)C)c2)cc1. The molecule has 2 amide bonds. The molecule has 10 nitrogen and oxygen atoms in total. The summed E-state index contributed by atoms with van der Waals surface area (Å²) in [6, 6.07) is 14.0. The van der Waals surface area contributed by atoms with E-state index in [4.69, 9.17) is 20.2 Å². The fraction of sp³-hybridized carbons (Fsp3) is 0.419. The van der Waals surface area contributed by atoms with Crippen LogP contribution in [0.3, 0.4) is 0 Å². The number of hydrogen-bond acceptors (Lipinski definition) is 8. The first-order chi connectivity index (χ1) is 19.4. The van der Waals surface area contributed by atoms with Gasteiger partial charge in [-0.25, -0.2) is 9.78 Å². The van der Waals surface area contributed by atoms with E-state index in [0.29, 0.717) is 24.9 Å². The second kappa shape index (κ2) is 12.4. The summed E-state index contributed by atoms with van der Waals surface area (Å²) in [5.74, 6) is 1.20. The highest BCUT2D eigenvalue weighted by molar-refractivity contribution is 5.98. The number of piperidine rings is 1. The lowest BCUT2D eigenvalue weighted by Crippen LogP contribution is -2.49. The summed E-state index contributed by atoms with van der Waals surface area (Å²) in [7, 11) is 1.64. The van der Waals surface area contributed by atoms with Crippen LogP contribution in [0, 0.1) is 0 Å². The van der Waals surface area contributed by atoms with Crippen LogP contribution >= 0.6 is 0 Å². The Kier molecular flexibility index (Phi) is 9.00. The predicted octanol–water partition coefficient (Wildman–Crippen LogP) is 5.61. The molecule has 0 unspecified atom stereocenters. The number of rotatable bonds is 8. The van der Waals surface area contributed by atoms with E-state index >= 15 is 0 Å². The van der Waals surface area contributed by atoms with Gasteiger partial charge in [0.1, 0.15) is 22.7 Å². The van der Waals surface area contributed by atoms with Crippen molar-refractivity contribution >= 4 is 29.5 Å². The number of benzene rings is 2. The number of nitrogens with two attached hydrogens (primary N) is 1. The number of aromatic nitrogens is 2. The van der Waals surface area contributed by atoms with E-state index in [0.717, 1.165) is 41.0 Å². The average molecular weight is 561 g/mol. The molecule has 4 N–H and O–H groups in total. The zero-order chi connectivity index (χ0) is 29.7. The van der Waals surface area contributed by atoms with Crippen molar-refractivity contribution in [2.75, 3.05) is 30.4 Å². The average Bonchev–Trinajstić information content (AvgIpc) is 2.91.